The molecule has 7 nitrogen and oxygen atoms in total. The fraction of sp³-hybridized carbons (Fsp3) is 0.300. The predicted octanol–water partition coefficient (Wildman–Crippen LogP) is 3.67. The van der Waals surface area contributed by atoms with E-state index in [0.29, 0.717) is 47.3 Å². The van der Waals surface area contributed by atoms with E-state index in [1.165, 1.54) is 4.90 Å². The SMILES string of the molecule is CCOc1ccc(C2C(=C([O-])c3ccc(OCC(C)C)cc3C)C(=O)C(=O)N2Cc2ccc[nH+]c2)cc1. The zero-order chi connectivity index (χ0) is 26.5. The van der Waals surface area contributed by atoms with Gasteiger partial charge in [-0.25, -0.2) is 4.98 Å². The van der Waals surface area contributed by atoms with E-state index in [1.54, 1.807) is 61.8 Å². The summed E-state index contributed by atoms with van der Waals surface area (Å²) >= 11 is 0. The van der Waals surface area contributed by atoms with Gasteiger partial charge in [-0.3, -0.25) is 9.59 Å². The second kappa shape index (κ2) is 11.3. The van der Waals surface area contributed by atoms with Crippen LogP contribution < -0.4 is 19.6 Å². The molecule has 1 saturated heterocycles. The van der Waals surface area contributed by atoms with E-state index >= 15 is 0 Å². The van der Waals surface area contributed by atoms with Crippen LogP contribution in [0, 0.1) is 12.8 Å². The Bertz CT molecular complexity index is 1300. The Balaban J connectivity index is 1.79. The Hall–Kier alpha value is -4.13. The molecule has 0 spiro atoms. The van der Waals surface area contributed by atoms with Crippen LogP contribution in [0.5, 0.6) is 11.5 Å². The summed E-state index contributed by atoms with van der Waals surface area (Å²) in [7, 11) is 0. The molecule has 4 rings (SSSR count). The molecule has 0 aliphatic carbocycles. The lowest BCUT2D eigenvalue weighted by Gasteiger charge is -2.28. The summed E-state index contributed by atoms with van der Waals surface area (Å²) in [6.45, 7) is 9.07. The Kier molecular flexibility index (Phi) is 7.92. The lowest BCUT2D eigenvalue weighted by Crippen LogP contribution is -2.29. The number of amides is 1. The number of ketones is 1. The van der Waals surface area contributed by atoms with Gasteiger partial charge in [0.15, 0.2) is 12.4 Å². The van der Waals surface area contributed by atoms with Crippen molar-refractivity contribution < 1.29 is 29.2 Å². The second-order valence-electron chi connectivity index (χ2n) is 9.50. The van der Waals surface area contributed by atoms with E-state index in [4.69, 9.17) is 9.47 Å². The summed E-state index contributed by atoms with van der Waals surface area (Å²) in [6.07, 6.45) is 3.54. The van der Waals surface area contributed by atoms with Gasteiger partial charge in [-0.1, -0.05) is 37.8 Å². The first-order chi connectivity index (χ1) is 17.8. The molecule has 1 atom stereocenters. The average molecular weight is 501 g/mol. The molecule has 1 aliphatic rings. The average Bonchev–Trinajstić information content (AvgIpc) is 3.13. The number of hydrogen-bond acceptors (Lipinski definition) is 5. The monoisotopic (exact) mass is 500 g/mol. The van der Waals surface area contributed by atoms with Crippen molar-refractivity contribution in [3.63, 3.8) is 0 Å². The number of aromatic nitrogens is 1. The number of Topliss-reactive ketones (excluding diaryl/α,β-unsaturated/α-hetero) is 1. The third-order valence-corrected chi connectivity index (χ3v) is 6.19. The van der Waals surface area contributed by atoms with E-state index in [0.717, 1.165) is 5.56 Å². The lowest BCUT2D eigenvalue weighted by molar-refractivity contribution is -0.378. The molecule has 1 aromatic heterocycles. The summed E-state index contributed by atoms with van der Waals surface area (Å²) in [6, 6.07) is 15.2. The Morgan fingerprint density at radius 2 is 1.78 bits per heavy atom. The molecular weight excluding hydrogens is 468 g/mol. The number of pyridine rings is 1. The van der Waals surface area contributed by atoms with Crippen molar-refractivity contribution in [2.75, 3.05) is 13.2 Å². The molecule has 1 N–H and O–H groups in total. The first-order valence-electron chi connectivity index (χ1n) is 12.5. The molecule has 192 valence electrons. The van der Waals surface area contributed by atoms with Crippen LogP contribution in [0.4, 0.5) is 0 Å². The number of rotatable bonds is 9. The van der Waals surface area contributed by atoms with Gasteiger partial charge in [-0.05, 0) is 66.8 Å². The van der Waals surface area contributed by atoms with Gasteiger partial charge in [0.2, 0.25) is 5.78 Å². The van der Waals surface area contributed by atoms with Crippen LogP contribution in [-0.4, -0.2) is 29.8 Å². The molecule has 1 unspecified atom stereocenters. The van der Waals surface area contributed by atoms with Crippen molar-refractivity contribution in [2.24, 2.45) is 5.92 Å². The van der Waals surface area contributed by atoms with Gasteiger partial charge in [0.1, 0.15) is 11.5 Å². The number of carbonyl (C=O) groups excluding carboxylic acids is 2. The largest absolute Gasteiger partial charge is 0.872 e. The second-order valence-corrected chi connectivity index (χ2v) is 9.50. The Morgan fingerprint density at radius 1 is 1.05 bits per heavy atom. The topological polar surface area (TPSA) is 93.0 Å². The first kappa shape index (κ1) is 25.9. The third kappa shape index (κ3) is 5.66. The minimum absolute atomic E-state index is 0.0481. The zero-order valence-electron chi connectivity index (χ0n) is 21.6. The minimum Gasteiger partial charge on any atom is -0.872 e. The van der Waals surface area contributed by atoms with E-state index in [-0.39, 0.29) is 12.1 Å². The molecule has 7 heteroatoms. The number of nitrogens with one attached hydrogen (secondary N) is 1. The van der Waals surface area contributed by atoms with Gasteiger partial charge in [0.05, 0.1) is 25.8 Å². The number of ether oxygens (including phenoxy) is 2. The predicted molar refractivity (Wildman–Crippen MR) is 137 cm³/mol. The number of aryl methyl sites for hydroxylation is 1. The summed E-state index contributed by atoms with van der Waals surface area (Å²) in [5.41, 5.74) is 2.49. The molecule has 3 aromatic rings. The number of H-pyrrole nitrogens is 1. The molecule has 2 aromatic carbocycles. The molecular formula is C30H32N2O5. The quantitative estimate of drug-likeness (QED) is 0.254. The van der Waals surface area contributed by atoms with Crippen molar-refractivity contribution in [2.45, 2.75) is 40.3 Å². The maximum absolute atomic E-state index is 13.8. The van der Waals surface area contributed by atoms with Crippen LogP contribution in [0.3, 0.4) is 0 Å². The van der Waals surface area contributed by atoms with Crippen molar-refractivity contribution >= 4 is 17.4 Å². The fourth-order valence-electron chi connectivity index (χ4n) is 4.41. The van der Waals surface area contributed by atoms with Crippen LogP contribution in [0.1, 0.15) is 49.1 Å². The van der Waals surface area contributed by atoms with Crippen LogP contribution >= 0.6 is 0 Å². The standard InChI is InChI=1S/C30H32N2O5/c1-5-36-23-10-8-22(9-11-23)27-26(29(34)30(35)32(27)17-21-7-6-14-31-16-21)28(33)25-13-12-24(15-20(25)4)37-18-19(2)3/h6-16,19,27,33H,5,17-18H2,1-4H3. The van der Waals surface area contributed by atoms with Gasteiger partial charge >= 0.3 is 0 Å². The summed E-state index contributed by atoms with van der Waals surface area (Å²) in [5, 5.41) is 13.8. The fourth-order valence-corrected chi connectivity index (χ4v) is 4.41. The van der Waals surface area contributed by atoms with E-state index < -0.39 is 23.5 Å². The Morgan fingerprint density at radius 3 is 2.41 bits per heavy atom. The third-order valence-electron chi connectivity index (χ3n) is 6.19. The molecule has 0 bridgehead atoms. The maximum atomic E-state index is 13.8. The molecule has 37 heavy (non-hydrogen) atoms. The maximum Gasteiger partial charge on any atom is 0.295 e. The highest BCUT2D eigenvalue weighted by Gasteiger charge is 2.44. The van der Waals surface area contributed by atoms with E-state index in [9.17, 15) is 14.7 Å². The molecule has 2 heterocycles. The minimum atomic E-state index is -0.820. The van der Waals surface area contributed by atoms with Crippen LogP contribution in [-0.2, 0) is 16.1 Å². The normalized spacial score (nSPS) is 16.9. The van der Waals surface area contributed by atoms with Crippen molar-refractivity contribution in [3.05, 3.63) is 94.8 Å². The van der Waals surface area contributed by atoms with Crippen LogP contribution in [0.15, 0.2) is 72.6 Å². The van der Waals surface area contributed by atoms with Crippen LogP contribution in [0.25, 0.3) is 5.76 Å². The number of hydrogen-bond donors (Lipinski definition) is 0. The van der Waals surface area contributed by atoms with Crippen molar-refractivity contribution in [3.8, 4) is 11.5 Å². The first-order valence-corrected chi connectivity index (χ1v) is 12.5. The molecule has 1 amide bonds. The highest BCUT2D eigenvalue weighted by atomic mass is 16.5. The highest BCUT2D eigenvalue weighted by molar-refractivity contribution is 6.46. The van der Waals surface area contributed by atoms with Gasteiger partial charge in [-0.2, -0.15) is 0 Å². The van der Waals surface area contributed by atoms with Crippen molar-refractivity contribution in [1.29, 1.82) is 0 Å². The molecule has 1 aliphatic heterocycles. The molecule has 0 radical (unpaired) electrons. The van der Waals surface area contributed by atoms with E-state index in [2.05, 4.69) is 18.8 Å². The van der Waals surface area contributed by atoms with Gasteiger partial charge < -0.3 is 19.5 Å². The summed E-state index contributed by atoms with van der Waals surface area (Å²) in [4.78, 5) is 31.0. The summed E-state index contributed by atoms with van der Waals surface area (Å²) < 4.78 is 11.3. The zero-order valence-corrected chi connectivity index (χ0v) is 21.6. The number of likely N-dealkylation sites (tertiary alicyclic amines) is 1. The van der Waals surface area contributed by atoms with Crippen LogP contribution in [0.2, 0.25) is 0 Å². The number of carbonyl (C=O) groups is 2. The smallest absolute Gasteiger partial charge is 0.295 e. The van der Waals surface area contributed by atoms with Gasteiger partial charge in [-0.15, -0.1) is 0 Å². The summed E-state index contributed by atoms with van der Waals surface area (Å²) in [5.74, 6) is -0.225. The Labute approximate surface area is 217 Å². The highest BCUT2D eigenvalue weighted by Crippen LogP contribution is 2.40. The number of aromatic amines is 1. The van der Waals surface area contributed by atoms with Gasteiger partial charge in [0, 0.05) is 17.2 Å². The molecule has 0 saturated carbocycles. The van der Waals surface area contributed by atoms with Crippen molar-refractivity contribution in [1.82, 2.24) is 4.90 Å². The number of benzene rings is 2. The van der Waals surface area contributed by atoms with E-state index in [1.807, 2.05) is 19.1 Å². The number of nitrogens with zero attached hydrogens (tertiary/aromatic N) is 1. The molecule has 1 fully saturated rings. The van der Waals surface area contributed by atoms with Gasteiger partial charge in [0.25, 0.3) is 5.91 Å². The lowest BCUT2D eigenvalue weighted by atomic mass is 9.93.